The van der Waals surface area contributed by atoms with Gasteiger partial charge >= 0.3 is 0 Å². The fraction of sp³-hybridized carbons (Fsp3) is 0.562. The molecule has 1 saturated heterocycles. The van der Waals surface area contributed by atoms with Gasteiger partial charge in [-0.2, -0.15) is 0 Å². The van der Waals surface area contributed by atoms with Crippen molar-refractivity contribution in [1.82, 2.24) is 4.90 Å². The number of amidine groups is 1. The van der Waals surface area contributed by atoms with E-state index in [4.69, 9.17) is 11.1 Å². The number of nitrogens with zero attached hydrogens (tertiary/aromatic N) is 1. The maximum absolute atomic E-state index is 7.86. The maximum atomic E-state index is 7.86. The SMILES string of the molecule is CC1CC(C)CN(CC(C(=N)N)c2ccccc2)C1. The van der Waals surface area contributed by atoms with Gasteiger partial charge in [-0.15, -0.1) is 0 Å². The van der Waals surface area contributed by atoms with Crippen LogP contribution in [0.3, 0.4) is 0 Å². The van der Waals surface area contributed by atoms with Crippen LogP contribution in [-0.2, 0) is 0 Å². The number of likely N-dealkylation sites (tertiary alicyclic amines) is 1. The first-order chi connectivity index (χ1) is 9.06. The van der Waals surface area contributed by atoms with Crippen molar-refractivity contribution in [2.24, 2.45) is 17.6 Å². The van der Waals surface area contributed by atoms with Crippen molar-refractivity contribution in [1.29, 1.82) is 5.41 Å². The van der Waals surface area contributed by atoms with Gasteiger partial charge in [0, 0.05) is 19.6 Å². The number of nitrogens with one attached hydrogen (secondary N) is 1. The van der Waals surface area contributed by atoms with E-state index < -0.39 is 0 Å². The van der Waals surface area contributed by atoms with Gasteiger partial charge in [-0.1, -0.05) is 44.2 Å². The highest BCUT2D eigenvalue weighted by molar-refractivity contribution is 5.84. The van der Waals surface area contributed by atoms with Crippen molar-refractivity contribution < 1.29 is 0 Å². The van der Waals surface area contributed by atoms with Crippen molar-refractivity contribution in [3.63, 3.8) is 0 Å². The second kappa shape index (κ2) is 6.20. The Hall–Kier alpha value is -1.35. The van der Waals surface area contributed by atoms with E-state index in [2.05, 4.69) is 30.9 Å². The largest absolute Gasteiger partial charge is 0.387 e. The first-order valence-electron chi connectivity index (χ1n) is 7.17. The average molecular weight is 259 g/mol. The minimum atomic E-state index is 0.0266. The maximum Gasteiger partial charge on any atom is 0.0995 e. The lowest BCUT2D eigenvalue weighted by atomic mass is 9.90. The highest BCUT2D eigenvalue weighted by Crippen LogP contribution is 2.24. The Morgan fingerprint density at radius 1 is 1.26 bits per heavy atom. The monoisotopic (exact) mass is 259 g/mol. The van der Waals surface area contributed by atoms with Gasteiger partial charge in [0.2, 0.25) is 0 Å². The van der Waals surface area contributed by atoms with Gasteiger partial charge in [0.25, 0.3) is 0 Å². The lowest BCUT2D eigenvalue weighted by Gasteiger charge is -2.36. The van der Waals surface area contributed by atoms with E-state index in [1.165, 1.54) is 6.42 Å². The normalized spacial score (nSPS) is 26.0. The van der Waals surface area contributed by atoms with E-state index in [0.29, 0.717) is 0 Å². The van der Waals surface area contributed by atoms with Crippen LogP contribution in [0.4, 0.5) is 0 Å². The summed E-state index contributed by atoms with van der Waals surface area (Å²) >= 11 is 0. The molecule has 1 heterocycles. The molecule has 2 rings (SSSR count). The molecule has 0 amide bonds. The number of piperidine rings is 1. The van der Waals surface area contributed by atoms with Gasteiger partial charge < -0.3 is 10.6 Å². The zero-order valence-corrected chi connectivity index (χ0v) is 12.0. The molecule has 1 aromatic carbocycles. The summed E-state index contributed by atoms with van der Waals surface area (Å²) in [5.41, 5.74) is 6.97. The van der Waals surface area contributed by atoms with Crippen LogP contribution in [0.25, 0.3) is 0 Å². The Labute approximate surface area is 116 Å². The standard InChI is InChI=1S/C16H25N3/c1-12-8-13(2)10-19(9-12)11-15(16(17)18)14-6-4-3-5-7-14/h3-7,12-13,15H,8-11H2,1-2H3,(H3,17,18). The molecule has 19 heavy (non-hydrogen) atoms. The molecule has 0 spiro atoms. The summed E-state index contributed by atoms with van der Waals surface area (Å²) in [6, 6.07) is 10.2. The van der Waals surface area contributed by atoms with E-state index in [-0.39, 0.29) is 11.8 Å². The molecule has 3 unspecified atom stereocenters. The van der Waals surface area contributed by atoms with Crippen LogP contribution in [-0.4, -0.2) is 30.4 Å². The molecule has 0 saturated carbocycles. The van der Waals surface area contributed by atoms with E-state index in [0.717, 1.165) is 37.0 Å². The smallest absolute Gasteiger partial charge is 0.0995 e. The van der Waals surface area contributed by atoms with Crippen LogP contribution < -0.4 is 5.73 Å². The van der Waals surface area contributed by atoms with Gasteiger partial charge in [-0.05, 0) is 23.8 Å². The molecule has 1 aliphatic rings. The van der Waals surface area contributed by atoms with E-state index >= 15 is 0 Å². The summed E-state index contributed by atoms with van der Waals surface area (Å²) < 4.78 is 0. The second-order valence-corrected chi connectivity index (χ2v) is 6.08. The first-order valence-corrected chi connectivity index (χ1v) is 7.17. The van der Waals surface area contributed by atoms with Crippen LogP contribution in [0, 0.1) is 17.2 Å². The van der Waals surface area contributed by atoms with Gasteiger partial charge in [0.15, 0.2) is 0 Å². The fourth-order valence-electron chi connectivity index (χ4n) is 3.27. The molecule has 0 aliphatic carbocycles. The lowest BCUT2D eigenvalue weighted by Crippen LogP contribution is -2.43. The zero-order valence-electron chi connectivity index (χ0n) is 12.0. The molecule has 3 nitrogen and oxygen atoms in total. The third-order valence-corrected chi connectivity index (χ3v) is 3.96. The minimum absolute atomic E-state index is 0.0266. The van der Waals surface area contributed by atoms with Gasteiger partial charge in [0.1, 0.15) is 0 Å². The summed E-state index contributed by atoms with van der Waals surface area (Å²) in [4.78, 5) is 2.47. The summed E-state index contributed by atoms with van der Waals surface area (Å²) in [6.07, 6.45) is 1.31. The average Bonchev–Trinajstić information content (AvgIpc) is 2.35. The Morgan fingerprint density at radius 2 is 1.84 bits per heavy atom. The molecule has 3 N–H and O–H groups in total. The molecule has 0 aromatic heterocycles. The Bertz CT molecular complexity index is 405. The predicted octanol–water partition coefficient (Wildman–Crippen LogP) is 2.68. The highest BCUT2D eigenvalue weighted by atomic mass is 15.1. The van der Waals surface area contributed by atoms with Gasteiger partial charge in [0.05, 0.1) is 11.8 Å². The van der Waals surface area contributed by atoms with E-state index in [1.807, 2.05) is 18.2 Å². The number of nitrogens with two attached hydrogens (primary N) is 1. The first kappa shape index (κ1) is 14.1. The summed E-state index contributed by atoms with van der Waals surface area (Å²) in [6.45, 7) is 7.75. The van der Waals surface area contributed by atoms with Crippen molar-refractivity contribution in [3.8, 4) is 0 Å². The van der Waals surface area contributed by atoms with Gasteiger partial charge in [-0.3, -0.25) is 5.41 Å². The molecule has 1 aromatic rings. The highest BCUT2D eigenvalue weighted by Gasteiger charge is 2.25. The number of hydrogen-bond donors (Lipinski definition) is 2. The van der Waals surface area contributed by atoms with Crippen molar-refractivity contribution in [2.75, 3.05) is 19.6 Å². The lowest BCUT2D eigenvalue weighted by molar-refractivity contribution is 0.139. The van der Waals surface area contributed by atoms with Crippen LogP contribution in [0.15, 0.2) is 30.3 Å². The third kappa shape index (κ3) is 3.80. The molecule has 0 radical (unpaired) electrons. The molecule has 3 heteroatoms. The number of hydrogen-bond acceptors (Lipinski definition) is 2. The zero-order chi connectivity index (χ0) is 13.8. The van der Waals surface area contributed by atoms with Crippen LogP contribution in [0.5, 0.6) is 0 Å². The molecule has 0 bridgehead atoms. The molecule has 3 atom stereocenters. The third-order valence-electron chi connectivity index (χ3n) is 3.96. The van der Waals surface area contributed by atoms with Crippen LogP contribution in [0.1, 0.15) is 31.7 Å². The number of rotatable bonds is 4. The summed E-state index contributed by atoms with van der Waals surface area (Å²) in [5.74, 6) is 1.79. The van der Waals surface area contributed by atoms with Crippen molar-refractivity contribution in [2.45, 2.75) is 26.2 Å². The minimum Gasteiger partial charge on any atom is -0.387 e. The quantitative estimate of drug-likeness (QED) is 0.645. The van der Waals surface area contributed by atoms with E-state index in [9.17, 15) is 0 Å². The topological polar surface area (TPSA) is 53.1 Å². The predicted molar refractivity (Wildman–Crippen MR) is 80.5 cm³/mol. The second-order valence-electron chi connectivity index (χ2n) is 6.08. The van der Waals surface area contributed by atoms with E-state index in [1.54, 1.807) is 0 Å². The molecule has 1 fully saturated rings. The summed E-state index contributed by atoms with van der Waals surface area (Å²) in [5, 5.41) is 7.86. The Kier molecular flexibility index (Phi) is 4.59. The molecule has 104 valence electrons. The van der Waals surface area contributed by atoms with Crippen molar-refractivity contribution in [3.05, 3.63) is 35.9 Å². The molecular weight excluding hydrogens is 234 g/mol. The Morgan fingerprint density at radius 3 is 2.37 bits per heavy atom. The molecular formula is C16H25N3. The summed E-state index contributed by atoms with van der Waals surface area (Å²) in [7, 11) is 0. The molecule has 1 aliphatic heterocycles. The Balaban J connectivity index is 2.07. The number of benzene rings is 1. The van der Waals surface area contributed by atoms with Gasteiger partial charge in [-0.25, -0.2) is 0 Å². The van der Waals surface area contributed by atoms with Crippen LogP contribution >= 0.6 is 0 Å². The fourth-order valence-corrected chi connectivity index (χ4v) is 3.27. The van der Waals surface area contributed by atoms with Crippen molar-refractivity contribution >= 4 is 5.84 Å². The van der Waals surface area contributed by atoms with Crippen LogP contribution in [0.2, 0.25) is 0 Å².